The van der Waals surface area contributed by atoms with Gasteiger partial charge in [0, 0.05) is 17.8 Å². The molecule has 2 aromatic carbocycles. The molecule has 0 saturated carbocycles. The van der Waals surface area contributed by atoms with Gasteiger partial charge < -0.3 is 15.4 Å². The van der Waals surface area contributed by atoms with Crippen molar-refractivity contribution in [1.29, 1.82) is 0 Å². The number of halogens is 1. The highest BCUT2D eigenvalue weighted by Gasteiger charge is 2.27. The van der Waals surface area contributed by atoms with Crippen LogP contribution in [0.5, 0.6) is 5.75 Å². The highest BCUT2D eigenvalue weighted by molar-refractivity contribution is 6.30. The Morgan fingerprint density at radius 2 is 1.90 bits per heavy atom. The molecular formula is C16H13ClN2O2. The minimum absolute atomic E-state index is 0.219. The van der Waals surface area contributed by atoms with Crippen molar-refractivity contribution in [3.05, 3.63) is 58.8 Å². The zero-order valence-corrected chi connectivity index (χ0v) is 12.1. The fraction of sp³-hybridized carbons (Fsp3) is 0.0625. The van der Waals surface area contributed by atoms with E-state index in [1.807, 2.05) is 12.1 Å². The molecule has 106 valence electrons. The van der Waals surface area contributed by atoms with E-state index >= 15 is 0 Å². The highest BCUT2D eigenvalue weighted by Crippen LogP contribution is 2.36. The largest absolute Gasteiger partial charge is 0.449 e. The van der Waals surface area contributed by atoms with Crippen molar-refractivity contribution in [3.63, 3.8) is 0 Å². The molecule has 5 heteroatoms. The maximum absolute atomic E-state index is 12.3. The van der Waals surface area contributed by atoms with Crippen molar-refractivity contribution in [2.75, 3.05) is 17.7 Å². The Labute approximate surface area is 127 Å². The smallest absolute Gasteiger partial charge is 0.293 e. The Bertz CT molecular complexity index is 738. The third kappa shape index (κ3) is 2.58. The number of carbonyl (C=O) groups is 1. The molecule has 0 radical (unpaired) electrons. The van der Waals surface area contributed by atoms with Crippen LogP contribution in [0.15, 0.2) is 48.2 Å². The van der Waals surface area contributed by atoms with Crippen LogP contribution in [0.1, 0.15) is 5.56 Å². The van der Waals surface area contributed by atoms with Gasteiger partial charge in [-0.05, 0) is 42.0 Å². The van der Waals surface area contributed by atoms with E-state index in [0.29, 0.717) is 22.1 Å². The highest BCUT2D eigenvalue weighted by atomic mass is 35.5. The molecule has 0 fully saturated rings. The van der Waals surface area contributed by atoms with Gasteiger partial charge in [0.05, 0.1) is 5.69 Å². The second kappa shape index (κ2) is 5.14. The molecule has 1 heterocycles. The number of nitrogen functional groups attached to an aromatic ring is 1. The number of hydrogen-bond acceptors (Lipinski definition) is 3. The van der Waals surface area contributed by atoms with Gasteiger partial charge in [0.1, 0.15) is 0 Å². The molecule has 3 rings (SSSR count). The van der Waals surface area contributed by atoms with E-state index in [-0.39, 0.29) is 11.7 Å². The van der Waals surface area contributed by atoms with Crippen molar-refractivity contribution >= 4 is 35.0 Å². The Balaban J connectivity index is 2.00. The third-order valence-corrected chi connectivity index (χ3v) is 3.50. The fourth-order valence-electron chi connectivity index (χ4n) is 2.12. The van der Waals surface area contributed by atoms with Gasteiger partial charge in [-0.1, -0.05) is 23.7 Å². The van der Waals surface area contributed by atoms with Gasteiger partial charge in [0.25, 0.3) is 5.91 Å². The Morgan fingerprint density at radius 3 is 2.62 bits per heavy atom. The van der Waals surface area contributed by atoms with Crippen LogP contribution in [0, 0.1) is 0 Å². The quantitative estimate of drug-likeness (QED) is 0.649. The van der Waals surface area contributed by atoms with E-state index in [0.717, 1.165) is 5.56 Å². The molecule has 2 aromatic rings. The first-order valence-corrected chi connectivity index (χ1v) is 6.75. The molecule has 0 saturated heterocycles. The number of rotatable bonds is 1. The first-order chi connectivity index (χ1) is 10.0. The lowest BCUT2D eigenvalue weighted by atomic mass is 10.1. The van der Waals surface area contributed by atoms with Gasteiger partial charge in [-0.3, -0.25) is 4.79 Å². The van der Waals surface area contributed by atoms with E-state index in [9.17, 15) is 4.79 Å². The number of hydrogen-bond donors (Lipinski definition) is 1. The lowest BCUT2D eigenvalue weighted by molar-refractivity contribution is -0.117. The molecule has 21 heavy (non-hydrogen) atoms. The summed E-state index contributed by atoms with van der Waals surface area (Å²) in [7, 11) is 1.69. The zero-order chi connectivity index (χ0) is 15.0. The number of ether oxygens (including phenoxy) is 1. The molecule has 1 amide bonds. The van der Waals surface area contributed by atoms with Gasteiger partial charge >= 0.3 is 0 Å². The van der Waals surface area contributed by atoms with Gasteiger partial charge in [-0.25, -0.2) is 0 Å². The first kappa shape index (κ1) is 13.5. The Morgan fingerprint density at radius 1 is 1.19 bits per heavy atom. The van der Waals surface area contributed by atoms with Gasteiger partial charge in [-0.15, -0.1) is 0 Å². The fourth-order valence-corrected chi connectivity index (χ4v) is 2.25. The predicted molar refractivity (Wildman–Crippen MR) is 84.3 cm³/mol. The molecule has 0 bridgehead atoms. The first-order valence-electron chi connectivity index (χ1n) is 6.37. The molecule has 1 aliphatic heterocycles. The molecule has 4 nitrogen and oxygen atoms in total. The molecule has 0 spiro atoms. The van der Waals surface area contributed by atoms with E-state index in [1.165, 1.54) is 4.90 Å². The second-order valence-electron chi connectivity index (χ2n) is 4.75. The number of nitrogens with two attached hydrogens (primary N) is 1. The van der Waals surface area contributed by atoms with Crippen LogP contribution in [0.3, 0.4) is 0 Å². The lowest BCUT2D eigenvalue weighted by Crippen LogP contribution is -2.33. The number of nitrogens with zero attached hydrogens (tertiary/aromatic N) is 1. The molecular weight excluding hydrogens is 288 g/mol. The van der Waals surface area contributed by atoms with E-state index in [1.54, 1.807) is 43.5 Å². The van der Waals surface area contributed by atoms with Gasteiger partial charge in [-0.2, -0.15) is 0 Å². The summed E-state index contributed by atoms with van der Waals surface area (Å²) >= 11 is 5.85. The summed E-state index contributed by atoms with van der Waals surface area (Å²) in [4.78, 5) is 13.9. The van der Waals surface area contributed by atoms with Crippen molar-refractivity contribution in [3.8, 4) is 5.75 Å². The maximum atomic E-state index is 12.3. The summed E-state index contributed by atoms with van der Waals surface area (Å²) in [5.74, 6) is 0.645. The standard InChI is InChI=1S/C16H13ClN2O2/c1-19-13-9-12(18)6-7-14(13)21-15(16(19)20)8-10-2-4-11(17)5-3-10/h2-9H,18H2,1H3/b15-8-. The number of fused-ring (bicyclic) bond motifs is 1. The normalized spacial score (nSPS) is 15.8. The average Bonchev–Trinajstić information content (AvgIpc) is 2.47. The van der Waals surface area contributed by atoms with Gasteiger partial charge in [0.2, 0.25) is 0 Å². The molecule has 0 aliphatic carbocycles. The van der Waals surface area contributed by atoms with Crippen molar-refractivity contribution in [2.45, 2.75) is 0 Å². The van der Waals surface area contributed by atoms with Crippen LogP contribution in [0.2, 0.25) is 5.02 Å². The molecule has 1 aliphatic rings. The zero-order valence-electron chi connectivity index (χ0n) is 11.3. The monoisotopic (exact) mass is 300 g/mol. The predicted octanol–water partition coefficient (Wildman–Crippen LogP) is 3.32. The van der Waals surface area contributed by atoms with Crippen LogP contribution in [0.4, 0.5) is 11.4 Å². The van der Waals surface area contributed by atoms with E-state index in [2.05, 4.69) is 0 Å². The van der Waals surface area contributed by atoms with Crippen molar-refractivity contribution in [2.24, 2.45) is 0 Å². The van der Waals surface area contributed by atoms with Crippen LogP contribution >= 0.6 is 11.6 Å². The number of carbonyl (C=O) groups excluding carboxylic acids is 1. The molecule has 0 aromatic heterocycles. The molecule has 2 N–H and O–H groups in total. The number of anilines is 2. The third-order valence-electron chi connectivity index (χ3n) is 3.25. The topological polar surface area (TPSA) is 55.6 Å². The summed E-state index contributed by atoms with van der Waals surface area (Å²) in [5, 5.41) is 0.644. The molecule has 0 atom stereocenters. The Kier molecular flexibility index (Phi) is 3.31. The Hall–Kier alpha value is -2.46. The number of likely N-dealkylation sites (N-methyl/N-ethyl adjacent to an activating group) is 1. The van der Waals surface area contributed by atoms with E-state index < -0.39 is 0 Å². The van der Waals surface area contributed by atoms with Crippen LogP contribution in [-0.4, -0.2) is 13.0 Å². The van der Waals surface area contributed by atoms with Crippen molar-refractivity contribution < 1.29 is 9.53 Å². The summed E-state index contributed by atoms with van der Waals surface area (Å²) in [6.07, 6.45) is 1.69. The minimum atomic E-state index is -0.219. The number of amides is 1. The van der Waals surface area contributed by atoms with Gasteiger partial charge in [0.15, 0.2) is 11.5 Å². The summed E-state index contributed by atoms with van der Waals surface area (Å²) in [5.41, 5.74) is 7.83. The second-order valence-corrected chi connectivity index (χ2v) is 5.19. The summed E-state index contributed by atoms with van der Waals surface area (Å²) in [6.45, 7) is 0. The van der Waals surface area contributed by atoms with E-state index in [4.69, 9.17) is 22.1 Å². The van der Waals surface area contributed by atoms with Crippen molar-refractivity contribution in [1.82, 2.24) is 0 Å². The average molecular weight is 301 g/mol. The lowest BCUT2D eigenvalue weighted by Gasteiger charge is -2.27. The maximum Gasteiger partial charge on any atom is 0.293 e. The summed E-state index contributed by atoms with van der Waals surface area (Å²) < 4.78 is 5.69. The molecule has 0 unspecified atom stereocenters. The summed E-state index contributed by atoms with van der Waals surface area (Å²) in [6, 6.07) is 12.4. The number of benzene rings is 2. The SMILES string of the molecule is CN1C(=O)/C(=C/c2ccc(Cl)cc2)Oc2ccc(N)cc21. The van der Waals surface area contributed by atoms with Crippen LogP contribution < -0.4 is 15.4 Å². The van der Waals surface area contributed by atoms with Crippen LogP contribution in [0.25, 0.3) is 6.08 Å². The van der Waals surface area contributed by atoms with Crippen LogP contribution in [-0.2, 0) is 4.79 Å². The minimum Gasteiger partial charge on any atom is -0.449 e.